The average Bonchev–Trinajstić information content (AvgIpc) is 2.75. The topological polar surface area (TPSA) is 46.6 Å². The molecule has 4 heteroatoms. The average molecular weight is 257 g/mol. The minimum Gasteiger partial charge on any atom is -0.453 e. The summed E-state index contributed by atoms with van der Waals surface area (Å²) in [5, 5.41) is 0. The molecule has 2 bridgehead atoms. The molecular formula is C15H15NO3. The molecule has 19 heavy (non-hydrogen) atoms. The lowest BCUT2D eigenvalue weighted by atomic mass is 9.83. The fourth-order valence-corrected chi connectivity index (χ4v) is 3.02. The van der Waals surface area contributed by atoms with E-state index in [0.717, 1.165) is 5.56 Å². The Labute approximate surface area is 111 Å². The van der Waals surface area contributed by atoms with E-state index in [-0.39, 0.29) is 29.9 Å². The summed E-state index contributed by atoms with van der Waals surface area (Å²) < 4.78 is 4.83. The maximum Gasteiger partial charge on any atom is 0.410 e. The van der Waals surface area contributed by atoms with Crippen molar-refractivity contribution in [1.82, 2.24) is 4.90 Å². The first-order chi connectivity index (χ1) is 9.22. The van der Waals surface area contributed by atoms with E-state index in [1.54, 1.807) is 4.90 Å². The monoisotopic (exact) mass is 257 g/mol. The van der Waals surface area contributed by atoms with E-state index in [1.807, 2.05) is 42.5 Å². The number of ether oxygens (including phenoxy) is 1. The van der Waals surface area contributed by atoms with Gasteiger partial charge in [-0.2, -0.15) is 0 Å². The number of hydrogen-bond donors (Lipinski definition) is 0. The number of piperidine rings is 1. The molecule has 0 radical (unpaired) electrons. The van der Waals surface area contributed by atoms with Gasteiger partial charge in [-0.05, 0) is 5.56 Å². The van der Waals surface area contributed by atoms with Crippen LogP contribution < -0.4 is 0 Å². The molecule has 4 nitrogen and oxygen atoms in total. The molecular weight excluding hydrogens is 242 g/mol. The number of Topliss-reactive ketones (excluding diaryl/α,β-unsaturated/α-hetero) is 1. The quantitative estimate of drug-likeness (QED) is 0.724. The molecule has 1 aromatic rings. The van der Waals surface area contributed by atoms with Gasteiger partial charge >= 0.3 is 6.09 Å². The van der Waals surface area contributed by atoms with Crippen LogP contribution in [0.15, 0.2) is 42.5 Å². The van der Waals surface area contributed by atoms with Crippen LogP contribution in [0.2, 0.25) is 0 Å². The number of ketones is 1. The zero-order valence-electron chi connectivity index (χ0n) is 10.7. The van der Waals surface area contributed by atoms with Crippen molar-refractivity contribution < 1.29 is 14.3 Å². The van der Waals surface area contributed by atoms with Gasteiger partial charge in [0.1, 0.15) is 5.78 Å². The molecule has 0 saturated carbocycles. The van der Waals surface area contributed by atoms with E-state index in [0.29, 0.717) is 6.42 Å². The third kappa shape index (κ3) is 1.84. The standard InChI is InChI=1S/C15H15NO3/c1-19-15(18)16-11-7-8-12(16)14(13(17)9-11)10-5-3-2-4-6-10/h2-8,11-12,14H,9H2,1H3/t11-,12+,14+/m1/s1. The van der Waals surface area contributed by atoms with Crippen LogP contribution in [0, 0.1) is 0 Å². The molecule has 0 aromatic heterocycles. The molecule has 98 valence electrons. The van der Waals surface area contributed by atoms with Crippen molar-refractivity contribution >= 4 is 11.9 Å². The van der Waals surface area contributed by atoms with Crippen molar-refractivity contribution in [1.29, 1.82) is 0 Å². The Kier molecular flexibility index (Phi) is 2.85. The van der Waals surface area contributed by atoms with Crippen molar-refractivity contribution in [3.8, 4) is 0 Å². The first-order valence-electron chi connectivity index (χ1n) is 6.34. The molecule has 1 fully saturated rings. The number of hydrogen-bond acceptors (Lipinski definition) is 3. The zero-order chi connectivity index (χ0) is 13.4. The van der Waals surface area contributed by atoms with E-state index in [1.165, 1.54) is 7.11 Å². The van der Waals surface area contributed by atoms with Gasteiger partial charge in [0.2, 0.25) is 0 Å². The van der Waals surface area contributed by atoms with E-state index in [4.69, 9.17) is 4.74 Å². The van der Waals surface area contributed by atoms with Crippen molar-refractivity contribution in [3.05, 3.63) is 48.0 Å². The number of benzene rings is 1. The van der Waals surface area contributed by atoms with Crippen LogP contribution in [0.5, 0.6) is 0 Å². The Balaban J connectivity index is 1.98. The fourth-order valence-electron chi connectivity index (χ4n) is 3.02. The van der Waals surface area contributed by atoms with Gasteiger partial charge in [0.15, 0.2) is 0 Å². The van der Waals surface area contributed by atoms with E-state index in [9.17, 15) is 9.59 Å². The Hall–Kier alpha value is -2.10. The summed E-state index contributed by atoms with van der Waals surface area (Å²) in [6.07, 6.45) is 3.88. The van der Waals surface area contributed by atoms with Crippen LogP contribution in [-0.2, 0) is 9.53 Å². The van der Waals surface area contributed by atoms with Crippen molar-refractivity contribution in [2.45, 2.75) is 24.4 Å². The normalized spacial score (nSPS) is 28.6. The Bertz CT molecular complexity index is 538. The number of amides is 1. The SMILES string of the molecule is COC(=O)N1[C@@H]2C=C[C@H]1[C@H](c1ccccc1)C(=O)C2. The van der Waals surface area contributed by atoms with Crippen LogP contribution >= 0.6 is 0 Å². The van der Waals surface area contributed by atoms with Gasteiger partial charge in [-0.3, -0.25) is 9.69 Å². The highest BCUT2D eigenvalue weighted by Gasteiger charge is 2.46. The van der Waals surface area contributed by atoms with Gasteiger partial charge in [0.05, 0.1) is 25.1 Å². The van der Waals surface area contributed by atoms with Crippen LogP contribution in [0.3, 0.4) is 0 Å². The summed E-state index contributed by atoms with van der Waals surface area (Å²) in [4.78, 5) is 25.8. The molecule has 2 aliphatic heterocycles. The Morgan fingerprint density at radius 1 is 1.26 bits per heavy atom. The number of fused-ring (bicyclic) bond motifs is 2. The predicted molar refractivity (Wildman–Crippen MR) is 69.8 cm³/mol. The van der Waals surface area contributed by atoms with Crippen LogP contribution in [0.25, 0.3) is 0 Å². The predicted octanol–water partition coefficient (Wildman–Crippen LogP) is 2.12. The van der Waals surface area contributed by atoms with Gasteiger partial charge in [0.25, 0.3) is 0 Å². The molecule has 1 aromatic carbocycles. The maximum absolute atomic E-state index is 12.3. The molecule has 2 aliphatic rings. The summed E-state index contributed by atoms with van der Waals surface area (Å²) in [6, 6.07) is 9.24. The lowest BCUT2D eigenvalue weighted by Crippen LogP contribution is -2.51. The minimum absolute atomic E-state index is 0.148. The molecule has 0 spiro atoms. The lowest BCUT2D eigenvalue weighted by molar-refractivity contribution is -0.124. The zero-order valence-corrected chi connectivity index (χ0v) is 10.7. The van der Waals surface area contributed by atoms with E-state index >= 15 is 0 Å². The number of carbonyl (C=O) groups is 2. The number of rotatable bonds is 1. The Morgan fingerprint density at radius 3 is 2.68 bits per heavy atom. The highest BCUT2D eigenvalue weighted by molar-refractivity contribution is 5.91. The number of methoxy groups -OCH3 is 1. The van der Waals surface area contributed by atoms with Gasteiger partial charge < -0.3 is 4.74 Å². The maximum atomic E-state index is 12.3. The van der Waals surface area contributed by atoms with Gasteiger partial charge in [-0.15, -0.1) is 0 Å². The highest BCUT2D eigenvalue weighted by Crippen LogP contribution is 2.38. The number of carbonyl (C=O) groups excluding carboxylic acids is 2. The molecule has 3 atom stereocenters. The first-order valence-corrected chi connectivity index (χ1v) is 6.34. The third-order valence-electron chi connectivity index (χ3n) is 3.85. The summed E-state index contributed by atoms with van der Waals surface area (Å²) in [5.41, 5.74) is 0.955. The van der Waals surface area contributed by atoms with Gasteiger partial charge in [0, 0.05) is 6.42 Å². The van der Waals surface area contributed by atoms with Crippen molar-refractivity contribution in [2.75, 3.05) is 7.11 Å². The molecule has 0 aliphatic carbocycles. The second kappa shape index (κ2) is 4.53. The fraction of sp³-hybridized carbons (Fsp3) is 0.333. The largest absolute Gasteiger partial charge is 0.453 e. The summed E-state index contributed by atoms with van der Waals surface area (Å²) in [5.74, 6) is -0.0957. The number of nitrogens with zero attached hydrogens (tertiary/aromatic N) is 1. The molecule has 2 heterocycles. The molecule has 1 saturated heterocycles. The molecule has 1 amide bonds. The summed E-state index contributed by atoms with van der Waals surface area (Å²) in [7, 11) is 1.37. The van der Waals surface area contributed by atoms with Crippen LogP contribution in [0.4, 0.5) is 4.79 Å². The summed E-state index contributed by atoms with van der Waals surface area (Å²) in [6.45, 7) is 0. The van der Waals surface area contributed by atoms with E-state index < -0.39 is 0 Å². The smallest absolute Gasteiger partial charge is 0.410 e. The third-order valence-corrected chi connectivity index (χ3v) is 3.85. The first kappa shape index (κ1) is 12.0. The van der Waals surface area contributed by atoms with Crippen LogP contribution in [-0.4, -0.2) is 36.0 Å². The molecule has 3 rings (SSSR count). The van der Waals surface area contributed by atoms with E-state index in [2.05, 4.69) is 0 Å². The van der Waals surface area contributed by atoms with Crippen molar-refractivity contribution in [3.63, 3.8) is 0 Å². The lowest BCUT2D eigenvalue weighted by Gasteiger charge is -2.38. The Morgan fingerprint density at radius 2 is 2.00 bits per heavy atom. The summed E-state index contributed by atoms with van der Waals surface area (Å²) >= 11 is 0. The molecule has 0 unspecified atom stereocenters. The van der Waals surface area contributed by atoms with Crippen molar-refractivity contribution in [2.24, 2.45) is 0 Å². The second-order valence-corrected chi connectivity index (χ2v) is 4.88. The minimum atomic E-state index is -0.367. The van der Waals surface area contributed by atoms with Gasteiger partial charge in [-0.1, -0.05) is 42.5 Å². The van der Waals surface area contributed by atoms with Gasteiger partial charge in [-0.25, -0.2) is 4.79 Å². The second-order valence-electron chi connectivity index (χ2n) is 4.88. The molecule has 0 N–H and O–H groups in total. The highest BCUT2D eigenvalue weighted by atomic mass is 16.5. The van der Waals surface area contributed by atoms with Crippen LogP contribution in [0.1, 0.15) is 17.9 Å².